The van der Waals surface area contributed by atoms with E-state index in [1.165, 1.54) is 13.8 Å². The van der Waals surface area contributed by atoms with Gasteiger partial charge in [0, 0.05) is 25.2 Å². The first-order chi connectivity index (χ1) is 8.93. The highest BCUT2D eigenvalue weighted by Gasteiger charge is 2.40. The van der Waals surface area contributed by atoms with Gasteiger partial charge in [0.2, 0.25) is 0 Å². The lowest BCUT2D eigenvalue weighted by Crippen LogP contribution is -2.51. The van der Waals surface area contributed by atoms with Crippen LogP contribution < -0.4 is 0 Å². The average Bonchev–Trinajstić information content (AvgIpc) is 2.30. The minimum absolute atomic E-state index is 0.00141. The number of azide groups is 1. The predicted molar refractivity (Wildman–Crippen MR) is 60.6 cm³/mol. The fourth-order valence-corrected chi connectivity index (χ4v) is 1.78. The van der Waals surface area contributed by atoms with Crippen molar-refractivity contribution in [2.75, 3.05) is 6.61 Å². The van der Waals surface area contributed by atoms with E-state index in [1.54, 1.807) is 0 Å². The largest absolute Gasteiger partial charge is 0.463 e. The number of carbonyl (C=O) groups excluding carboxylic acids is 2. The Morgan fingerprint density at radius 2 is 2.16 bits per heavy atom. The molecule has 0 saturated carbocycles. The molecule has 0 bridgehead atoms. The summed E-state index contributed by atoms with van der Waals surface area (Å²) < 4.78 is 14.9. The van der Waals surface area contributed by atoms with Gasteiger partial charge in [-0.1, -0.05) is 5.11 Å². The number of hydrogen-bond donors (Lipinski definition) is 1. The SMILES string of the molecule is CC(=O)OC[C@H]1O[C@H](O)C[C@H](N=[N+]=[N-])[C@@H]1OC(C)=O. The van der Waals surface area contributed by atoms with Crippen LogP contribution in [0.15, 0.2) is 5.11 Å². The zero-order valence-corrected chi connectivity index (χ0v) is 10.6. The van der Waals surface area contributed by atoms with Gasteiger partial charge in [-0.3, -0.25) is 9.59 Å². The summed E-state index contributed by atoms with van der Waals surface area (Å²) in [4.78, 5) is 24.5. The molecule has 0 aromatic rings. The van der Waals surface area contributed by atoms with Crippen LogP contribution in [0.5, 0.6) is 0 Å². The van der Waals surface area contributed by atoms with Crippen molar-refractivity contribution >= 4 is 11.9 Å². The molecule has 0 aromatic heterocycles. The van der Waals surface area contributed by atoms with Crippen LogP contribution in [0.25, 0.3) is 10.4 Å². The number of esters is 2. The molecule has 0 aromatic carbocycles. The Hall–Kier alpha value is -1.83. The van der Waals surface area contributed by atoms with E-state index in [2.05, 4.69) is 10.0 Å². The molecular weight excluding hydrogens is 258 g/mol. The number of rotatable bonds is 4. The maximum atomic E-state index is 11.0. The zero-order chi connectivity index (χ0) is 14.4. The third-order valence-electron chi connectivity index (χ3n) is 2.47. The highest BCUT2D eigenvalue weighted by Crippen LogP contribution is 2.25. The molecule has 4 atom stereocenters. The predicted octanol–water partition coefficient (Wildman–Crippen LogP) is 0.267. The molecule has 9 nitrogen and oxygen atoms in total. The van der Waals surface area contributed by atoms with Gasteiger partial charge in [0.15, 0.2) is 6.29 Å². The second kappa shape index (κ2) is 6.93. The Balaban J connectivity index is 2.83. The van der Waals surface area contributed by atoms with Crippen LogP contribution in [0, 0.1) is 0 Å². The molecule has 1 fully saturated rings. The topological polar surface area (TPSA) is 131 Å². The van der Waals surface area contributed by atoms with Gasteiger partial charge in [0.25, 0.3) is 0 Å². The Labute approximate surface area is 109 Å². The minimum Gasteiger partial charge on any atom is -0.463 e. The molecule has 1 N–H and O–H groups in total. The Morgan fingerprint density at radius 1 is 1.47 bits per heavy atom. The Bertz CT molecular complexity index is 395. The summed E-state index contributed by atoms with van der Waals surface area (Å²) in [5.41, 5.74) is 8.47. The summed E-state index contributed by atoms with van der Waals surface area (Å²) >= 11 is 0. The highest BCUT2D eigenvalue weighted by atomic mass is 16.6. The van der Waals surface area contributed by atoms with Crippen molar-refractivity contribution in [1.82, 2.24) is 0 Å². The second-order valence-corrected chi connectivity index (χ2v) is 4.01. The Morgan fingerprint density at radius 3 is 2.68 bits per heavy atom. The van der Waals surface area contributed by atoms with Crippen LogP contribution in [0.2, 0.25) is 0 Å². The van der Waals surface area contributed by atoms with E-state index in [-0.39, 0.29) is 13.0 Å². The van der Waals surface area contributed by atoms with E-state index in [0.717, 1.165) is 0 Å². The average molecular weight is 273 g/mol. The number of aliphatic hydroxyl groups excluding tert-OH is 1. The van der Waals surface area contributed by atoms with Crippen molar-refractivity contribution in [2.24, 2.45) is 5.11 Å². The fraction of sp³-hybridized carbons (Fsp3) is 0.800. The van der Waals surface area contributed by atoms with Gasteiger partial charge in [-0.15, -0.1) is 0 Å². The molecule has 1 saturated heterocycles. The van der Waals surface area contributed by atoms with E-state index in [4.69, 9.17) is 19.7 Å². The maximum Gasteiger partial charge on any atom is 0.303 e. The van der Waals surface area contributed by atoms with Crippen molar-refractivity contribution in [2.45, 2.75) is 44.8 Å². The normalized spacial score (nSPS) is 30.1. The van der Waals surface area contributed by atoms with Crippen LogP contribution in [0.4, 0.5) is 0 Å². The van der Waals surface area contributed by atoms with Crippen molar-refractivity contribution < 1.29 is 28.9 Å². The molecule has 0 unspecified atom stereocenters. The first-order valence-corrected chi connectivity index (χ1v) is 5.62. The van der Waals surface area contributed by atoms with Crippen LogP contribution in [-0.2, 0) is 23.8 Å². The van der Waals surface area contributed by atoms with Gasteiger partial charge < -0.3 is 19.3 Å². The molecule has 1 aliphatic rings. The van der Waals surface area contributed by atoms with Crippen LogP contribution in [0.1, 0.15) is 20.3 Å². The van der Waals surface area contributed by atoms with Gasteiger partial charge in [-0.25, -0.2) is 0 Å². The first kappa shape index (κ1) is 15.2. The molecule has 0 spiro atoms. The number of ether oxygens (including phenoxy) is 3. The lowest BCUT2D eigenvalue weighted by atomic mass is 9.99. The standard InChI is InChI=1S/C10H15N3O6/c1-5(14)17-4-8-10(18-6(2)15)7(12-13-11)3-9(16)19-8/h7-10,16H,3-4H2,1-2H3/t7-,8+,9-,10-/m0/s1. The van der Waals surface area contributed by atoms with Crippen LogP contribution >= 0.6 is 0 Å². The summed E-state index contributed by atoms with van der Waals surface area (Å²) in [5, 5.41) is 13.0. The number of nitrogens with zero attached hydrogens (tertiary/aromatic N) is 3. The third-order valence-corrected chi connectivity index (χ3v) is 2.47. The van der Waals surface area contributed by atoms with Crippen LogP contribution in [0.3, 0.4) is 0 Å². The monoisotopic (exact) mass is 273 g/mol. The van der Waals surface area contributed by atoms with E-state index < -0.39 is 36.5 Å². The zero-order valence-electron chi connectivity index (χ0n) is 10.6. The van der Waals surface area contributed by atoms with Crippen molar-refractivity contribution in [3.63, 3.8) is 0 Å². The van der Waals surface area contributed by atoms with E-state index in [0.29, 0.717) is 0 Å². The molecule has 1 heterocycles. The lowest BCUT2D eigenvalue weighted by molar-refractivity contribution is -0.225. The lowest BCUT2D eigenvalue weighted by Gasteiger charge is -2.37. The molecule has 0 amide bonds. The highest BCUT2D eigenvalue weighted by molar-refractivity contribution is 5.66. The van der Waals surface area contributed by atoms with E-state index in [9.17, 15) is 14.7 Å². The molecule has 1 aliphatic heterocycles. The molecule has 1 rings (SSSR count). The van der Waals surface area contributed by atoms with Crippen molar-refractivity contribution in [1.29, 1.82) is 0 Å². The summed E-state index contributed by atoms with van der Waals surface area (Å²) in [5.74, 6) is -1.12. The van der Waals surface area contributed by atoms with Gasteiger partial charge >= 0.3 is 11.9 Å². The summed E-state index contributed by atoms with van der Waals surface area (Å²) in [6, 6.07) is -0.779. The van der Waals surface area contributed by atoms with Gasteiger partial charge in [-0.2, -0.15) is 0 Å². The second-order valence-electron chi connectivity index (χ2n) is 4.01. The van der Waals surface area contributed by atoms with Crippen molar-refractivity contribution in [3.8, 4) is 0 Å². The molecule has 0 aliphatic carbocycles. The summed E-state index contributed by atoms with van der Waals surface area (Å²) in [7, 11) is 0. The fourth-order valence-electron chi connectivity index (χ4n) is 1.78. The molecule has 0 radical (unpaired) electrons. The molecule has 19 heavy (non-hydrogen) atoms. The first-order valence-electron chi connectivity index (χ1n) is 5.62. The van der Waals surface area contributed by atoms with Gasteiger partial charge in [0.1, 0.15) is 18.8 Å². The maximum absolute atomic E-state index is 11.0. The molecule has 106 valence electrons. The summed E-state index contributed by atoms with van der Waals surface area (Å²) in [6.45, 7) is 2.20. The smallest absolute Gasteiger partial charge is 0.303 e. The Kier molecular flexibility index (Phi) is 5.56. The molecule has 9 heteroatoms. The minimum atomic E-state index is -1.18. The number of aliphatic hydroxyl groups is 1. The van der Waals surface area contributed by atoms with Crippen LogP contribution in [-0.4, -0.2) is 48.2 Å². The van der Waals surface area contributed by atoms with Crippen molar-refractivity contribution in [3.05, 3.63) is 10.4 Å². The quantitative estimate of drug-likeness (QED) is 0.338. The number of carbonyl (C=O) groups is 2. The van der Waals surface area contributed by atoms with E-state index >= 15 is 0 Å². The van der Waals surface area contributed by atoms with Gasteiger partial charge in [-0.05, 0) is 5.53 Å². The van der Waals surface area contributed by atoms with E-state index in [1.807, 2.05) is 0 Å². The third kappa shape index (κ3) is 4.74. The number of hydrogen-bond acceptors (Lipinski definition) is 7. The van der Waals surface area contributed by atoms with Gasteiger partial charge in [0.05, 0.1) is 6.04 Å². The summed E-state index contributed by atoms with van der Waals surface area (Å²) in [6.07, 6.45) is -2.97. The molecular formula is C10H15N3O6.